The number of hydrogen-bond donors (Lipinski definition) is 1. The summed E-state index contributed by atoms with van der Waals surface area (Å²) in [5, 5.41) is 3.53. The fraction of sp³-hybridized carbons (Fsp3) is 0.467. The fourth-order valence-electron chi connectivity index (χ4n) is 1.33. The minimum atomic E-state index is 0. The van der Waals surface area contributed by atoms with Crippen molar-refractivity contribution in [2.75, 3.05) is 6.61 Å². The summed E-state index contributed by atoms with van der Waals surface area (Å²) in [7, 11) is 0. The fourth-order valence-corrected chi connectivity index (χ4v) is 1.33. The Bertz CT molecular complexity index is 346. The van der Waals surface area contributed by atoms with Gasteiger partial charge >= 0.3 is 0 Å². The molecule has 0 aliphatic heterocycles. The molecular formula is C15H24ClNO. The Hall–Kier alpha value is -0.990. The van der Waals surface area contributed by atoms with Crippen LogP contribution >= 0.6 is 12.4 Å². The van der Waals surface area contributed by atoms with Crippen LogP contribution in [0.2, 0.25) is 0 Å². The molecule has 102 valence electrons. The van der Waals surface area contributed by atoms with E-state index in [-0.39, 0.29) is 17.9 Å². The Labute approximate surface area is 117 Å². The molecule has 0 atom stereocenters. The van der Waals surface area contributed by atoms with Gasteiger partial charge in [-0.15, -0.1) is 12.4 Å². The van der Waals surface area contributed by atoms with Crippen molar-refractivity contribution in [1.82, 2.24) is 5.32 Å². The van der Waals surface area contributed by atoms with E-state index in [4.69, 9.17) is 4.74 Å². The second kappa shape index (κ2) is 8.17. The van der Waals surface area contributed by atoms with Crippen LogP contribution in [-0.2, 0) is 6.54 Å². The molecule has 0 bridgehead atoms. The normalized spacial score (nSPS) is 10.6. The molecule has 0 fully saturated rings. The lowest BCUT2D eigenvalue weighted by Crippen LogP contribution is -2.37. The summed E-state index contributed by atoms with van der Waals surface area (Å²) in [5.41, 5.74) is 1.47. The second-order valence-corrected chi connectivity index (χ2v) is 4.83. The number of hydrogen-bond acceptors (Lipinski definition) is 2. The van der Waals surface area contributed by atoms with Crippen molar-refractivity contribution in [2.24, 2.45) is 0 Å². The van der Waals surface area contributed by atoms with Crippen LogP contribution in [0.5, 0.6) is 5.75 Å². The lowest BCUT2D eigenvalue weighted by atomic mass is 10.0. The van der Waals surface area contributed by atoms with Crippen molar-refractivity contribution in [3.05, 3.63) is 42.5 Å². The molecule has 2 nitrogen and oxygen atoms in total. The van der Waals surface area contributed by atoms with Gasteiger partial charge in [-0.2, -0.15) is 0 Å². The summed E-state index contributed by atoms with van der Waals surface area (Å²) in [6.45, 7) is 11.7. The molecule has 3 heteroatoms. The Morgan fingerprint density at radius 2 is 1.89 bits per heavy atom. The van der Waals surface area contributed by atoms with E-state index in [9.17, 15) is 0 Å². The molecule has 0 saturated carbocycles. The van der Waals surface area contributed by atoms with E-state index in [2.05, 4.69) is 44.8 Å². The highest BCUT2D eigenvalue weighted by atomic mass is 35.5. The van der Waals surface area contributed by atoms with E-state index in [0.717, 1.165) is 18.7 Å². The third kappa shape index (κ3) is 6.08. The molecule has 1 N–H and O–H groups in total. The monoisotopic (exact) mass is 269 g/mol. The molecule has 18 heavy (non-hydrogen) atoms. The summed E-state index contributed by atoms with van der Waals surface area (Å²) in [4.78, 5) is 0. The molecular weight excluding hydrogens is 246 g/mol. The third-order valence-electron chi connectivity index (χ3n) is 2.95. The van der Waals surface area contributed by atoms with E-state index in [1.165, 1.54) is 5.56 Å². The third-order valence-corrected chi connectivity index (χ3v) is 2.95. The molecule has 1 rings (SSSR count). The molecule has 0 aliphatic carbocycles. The maximum Gasteiger partial charge on any atom is 0.119 e. The first-order valence-electron chi connectivity index (χ1n) is 6.15. The number of rotatable bonds is 7. The number of nitrogens with one attached hydrogen (secondary N) is 1. The van der Waals surface area contributed by atoms with Gasteiger partial charge in [0, 0.05) is 12.1 Å². The van der Waals surface area contributed by atoms with Crippen LogP contribution in [0.1, 0.15) is 32.8 Å². The molecule has 0 aliphatic rings. The van der Waals surface area contributed by atoms with Crippen molar-refractivity contribution in [2.45, 2.75) is 39.3 Å². The van der Waals surface area contributed by atoms with Gasteiger partial charge < -0.3 is 10.1 Å². The van der Waals surface area contributed by atoms with Crippen molar-refractivity contribution < 1.29 is 4.74 Å². The first kappa shape index (κ1) is 17.0. The van der Waals surface area contributed by atoms with Gasteiger partial charge in [-0.1, -0.05) is 31.7 Å². The van der Waals surface area contributed by atoms with Crippen molar-refractivity contribution in [3.8, 4) is 5.75 Å². The molecule has 0 amide bonds. The van der Waals surface area contributed by atoms with Gasteiger partial charge in [0.1, 0.15) is 12.4 Å². The van der Waals surface area contributed by atoms with Gasteiger partial charge in [0.05, 0.1) is 0 Å². The van der Waals surface area contributed by atoms with Crippen LogP contribution in [-0.4, -0.2) is 12.1 Å². The maximum absolute atomic E-state index is 5.44. The number of benzene rings is 1. The van der Waals surface area contributed by atoms with Gasteiger partial charge in [-0.05, 0) is 38.0 Å². The van der Waals surface area contributed by atoms with E-state index >= 15 is 0 Å². The summed E-state index contributed by atoms with van der Waals surface area (Å²) in [6, 6.07) is 8.19. The Balaban J connectivity index is 0.00000289. The van der Waals surface area contributed by atoms with Crippen LogP contribution < -0.4 is 10.1 Å². The highest BCUT2D eigenvalue weighted by Crippen LogP contribution is 2.14. The molecule has 1 aromatic rings. The summed E-state index contributed by atoms with van der Waals surface area (Å²) in [5.74, 6) is 0.892. The minimum absolute atomic E-state index is 0. The molecule has 0 unspecified atom stereocenters. The largest absolute Gasteiger partial charge is 0.490 e. The van der Waals surface area contributed by atoms with E-state index in [1.54, 1.807) is 6.08 Å². The van der Waals surface area contributed by atoms with E-state index in [0.29, 0.717) is 6.61 Å². The highest BCUT2D eigenvalue weighted by Gasteiger charge is 2.12. The number of ether oxygens (including phenoxy) is 1. The van der Waals surface area contributed by atoms with Gasteiger partial charge in [0.15, 0.2) is 0 Å². The van der Waals surface area contributed by atoms with E-state index < -0.39 is 0 Å². The summed E-state index contributed by atoms with van der Waals surface area (Å²) < 4.78 is 5.44. The predicted octanol–water partition coefficient (Wildman–Crippen LogP) is 3.95. The summed E-state index contributed by atoms with van der Waals surface area (Å²) in [6.07, 6.45) is 2.87. The molecule has 0 aromatic heterocycles. The standard InChI is InChI=1S/C15H23NO.ClH/c1-5-11-17-14-9-7-13(8-10-14)12-16-15(3,4)6-2;/h5,7-10,16H,1,6,11-12H2,2-4H3;1H. The Morgan fingerprint density at radius 3 is 2.39 bits per heavy atom. The quantitative estimate of drug-likeness (QED) is 0.757. The van der Waals surface area contributed by atoms with Crippen LogP contribution in [0.3, 0.4) is 0 Å². The first-order chi connectivity index (χ1) is 8.07. The Morgan fingerprint density at radius 1 is 1.28 bits per heavy atom. The Kier molecular flexibility index (Phi) is 7.72. The SMILES string of the molecule is C=CCOc1ccc(CNC(C)(C)CC)cc1.Cl. The van der Waals surface area contributed by atoms with Crippen LogP contribution in [0.15, 0.2) is 36.9 Å². The highest BCUT2D eigenvalue weighted by molar-refractivity contribution is 5.85. The lowest BCUT2D eigenvalue weighted by Gasteiger charge is -2.24. The zero-order valence-corrected chi connectivity index (χ0v) is 12.3. The lowest BCUT2D eigenvalue weighted by molar-refractivity contribution is 0.362. The van der Waals surface area contributed by atoms with Gasteiger partial charge in [0.25, 0.3) is 0 Å². The average Bonchev–Trinajstić information content (AvgIpc) is 2.35. The van der Waals surface area contributed by atoms with E-state index in [1.807, 2.05) is 12.1 Å². The zero-order chi connectivity index (χ0) is 12.7. The summed E-state index contributed by atoms with van der Waals surface area (Å²) >= 11 is 0. The van der Waals surface area contributed by atoms with Crippen LogP contribution in [0.25, 0.3) is 0 Å². The number of halogens is 1. The predicted molar refractivity (Wildman–Crippen MR) is 80.6 cm³/mol. The molecule has 0 heterocycles. The zero-order valence-electron chi connectivity index (χ0n) is 11.5. The van der Waals surface area contributed by atoms with Crippen molar-refractivity contribution >= 4 is 12.4 Å². The smallest absolute Gasteiger partial charge is 0.119 e. The first-order valence-corrected chi connectivity index (χ1v) is 6.15. The minimum Gasteiger partial charge on any atom is -0.490 e. The van der Waals surface area contributed by atoms with Crippen molar-refractivity contribution in [1.29, 1.82) is 0 Å². The topological polar surface area (TPSA) is 21.3 Å². The van der Waals surface area contributed by atoms with Gasteiger partial charge in [-0.25, -0.2) is 0 Å². The van der Waals surface area contributed by atoms with Gasteiger partial charge in [0.2, 0.25) is 0 Å². The van der Waals surface area contributed by atoms with Crippen LogP contribution in [0, 0.1) is 0 Å². The average molecular weight is 270 g/mol. The van der Waals surface area contributed by atoms with Crippen LogP contribution in [0.4, 0.5) is 0 Å². The van der Waals surface area contributed by atoms with Crippen molar-refractivity contribution in [3.63, 3.8) is 0 Å². The second-order valence-electron chi connectivity index (χ2n) is 4.83. The molecule has 1 aromatic carbocycles. The molecule has 0 saturated heterocycles. The molecule has 0 spiro atoms. The molecule has 0 radical (unpaired) electrons. The maximum atomic E-state index is 5.44. The van der Waals surface area contributed by atoms with Gasteiger partial charge in [-0.3, -0.25) is 0 Å².